The fraction of sp³-hybridized carbons (Fsp3) is 0.571. The number of hydrogen-bond acceptors (Lipinski definition) is 3. The molecule has 1 fully saturated rings. The highest BCUT2D eigenvalue weighted by molar-refractivity contribution is 5.29. The lowest BCUT2D eigenvalue weighted by Gasteiger charge is -2.39. The summed E-state index contributed by atoms with van der Waals surface area (Å²) in [6.45, 7) is 7.77. The zero-order valence-electron chi connectivity index (χ0n) is 10.9. The minimum Gasteiger partial charge on any atom is -0.497 e. The Bertz CT molecular complexity index is 348. The van der Waals surface area contributed by atoms with E-state index in [1.165, 1.54) is 5.56 Å². The first kappa shape index (κ1) is 12.4. The van der Waals surface area contributed by atoms with Gasteiger partial charge < -0.3 is 10.1 Å². The van der Waals surface area contributed by atoms with Gasteiger partial charge in [-0.25, -0.2) is 0 Å². The zero-order chi connectivity index (χ0) is 12.3. The molecule has 17 heavy (non-hydrogen) atoms. The summed E-state index contributed by atoms with van der Waals surface area (Å²) in [5.41, 5.74) is 1.37. The van der Waals surface area contributed by atoms with Crippen LogP contribution in [0.3, 0.4) is 0 Å². The average molecular weight is 234 g/mol. The maximum atomic E-state index is 5.20. The first-order chi connectivity index (χ1) is 8.22. The predicted octanol–water partition coefficient (Wildman–Crippen LogP) is 2.05. The second-order valence-electron chi connectivity index (χ2n) is 4.82. The molecule has 3 heteroatoms. The Balaban J connectivity index is 2.17. The van der Waals surface area contributed by atoms with Gasteiger partial charge in [-0.3, -0.25) is 4.90 Å². The van der Waals surface area contributed by atoms with E-state index in [9.17, 15) is 0 Å². The summed E-state index contributed by atoms with van der Waals surface area (Å²) in [4.78, 5) is 2.55. The van der Waals surface area contributed by atoms with E-state index in [-0.39, 0.29) is 0 Å². The molecule has 0 amide bonds. The minimum atomic E-state index is 0.481. The van der Waals surface area contributed by atoms with Crippen LogP contribution in [0, 0.1) is 0 Å². The summed E-state index contributed by atoms with van der Waals surface area (Å²) < 4.78 is 5.20. The molecule has 0 aromatic heterocycles. The molecule has 1 saturated heterocycles. The molecule has 94 valence electrons. The third-order valence-corrected chi connectivity index (χ3v) is 3.45. The Hall–Kier alpha value is -1.06. The Kier molecular flexibility index (Phi) is 4.02. The summed E-state index contributed by atoms with van der Waals surface area (Å²) in [5.74, 6) is 0.925. The van der Waals surface area contributed by atoms with Gasteiger partial charge in [0.2, 0.25) is 0 Å². The summed E-state index contributed by atoms with van der Waals surface area (Å²) in [7, 11) is 1.71. The van der Waals surface area contributed by atoms with Crippen molar-refractivity contribution in [2.24, 2.45) is 0 Å². The maximum Gasteiger partial charge on any atom is 0.118 e. The Morgan fingerprint density at radius 2 is 2.00 bits per heavy atom. The Morgan fingerprint density at radius 3 is 2.59 bits per heavy atom. The summed E-state index contributed by atoms with van der Waals surface area (Å²) in [5, 5.41) is 3.47. The number of nitrogens with one attached hydrogen (secondary N) is 1. The SMILES string of the molecule is COc1ccc([C@H]2CNCCN2C(C)C)cc1. The standard InChI is InChI=1S/C14H22N2O/c1-11(2)16-9-8-15-10-14(16)12-4-6-13(17-3)7-5-12/h4-7,11,14-15H,8-10H2,1-3H3/t14-/m1/s1. The third-order valence-electron chi connectivity index (χ3n) is 3.45. The topological polar surface area (TPSA) is 24.5 Å². The average Bonchev–Trinajstić information content (AvgIpc) is 2.39. The molecule has 1 aromatic carbocycles. The van der Waals surface area contributed by atoms with Crippen molar-refractivity contribution < 1.29 is 4.74 Å². The molecule has 1 heterocycles. The monoisotopic (exact) mass is 234 g/mol. The third kappa shape index (κ3) is 2.79. The molecule has 0 aliphatic carbocycles. The largest absolute Gasteiger partial charge is 0.497 e. The lowest BCUT2D eigenvalue weighted by Crippen LogP contribution is -2.48. The summed E-state index contributed by atoms with van der Waals surface area (Å²) in [6, 6.07) is 9.50. The van der Waals surface area contributed by atoms with Gasteiger partial charge in [-0.2, -0.15) is 0 Å². The first-order valence-corrected chi connectivity index (χ1v) is 6.33. The van der Waals surface area contributed by atoms with Crippen LogP contribution in [0.1, 0.15) is 25.5 Å². The molecule has 0 radical (unpaired) electrons. The highest BCUT2D eigenvalue weighted by atomic mass is 16.5. The van der Waals surface area contributed by atoms with Crippen molar-refractivity contribution in [1.82, 2.24) is 10.2 Å². The van der Waals surface area contributed by atoms with Gasteiger partial charge in [0.05, 0.1) is 7.11 Å². The normalized spacial score (nSPS) is 21.8. The summed E-state index contributed by atoms with van der Waals surface area (Å²) >= 11 is 0. The van der Waals surface area contributed by atoms with Gasteiger partial charge in [-0.05, 0) is 31.5 Å². The van der Waals surface area contributed by atoms with Crippen LogP contribution in [-0.4, -0.2) is 37.7 Å². The van der Waals surface area contributed by atoms with Crippen LogP contribution in [0.2, 0.25) is 0 Å². The second kappa shape index (κ2) is 5.52. The molecule has 0 spiro atoms. The highest BCUT2D eigenvalue weighted by Gasteiger charge is 2.25. The number of benzene rings is 1. The number of ether oxygens (including phenoxy) is 1. The minimum absolute atomic E-state index is 0.481. The maximum absolute atomic E-state index is 5.20. The van der Waals surface area contributed by atoms with Crippen LogP contribution in [-0.2, 0) is 0 Å². The Labute approximate surface area is 104 Å². The van der Waals surface area contributed by atoms with E-state index in [1.807, 2.05) is 12.1 Å². The lowest BCUT2D eigenvalue weighted by atomic mass is 10.0. The second-order valence-corrected chi connectivity index (χ2v) is 4.82. The van der Waals surface area contributed by atoms with Gasteiger partial charge in [0, 0.05) is 31.7 Å². The molecule has 0 unspecified atom stereocenters. The molecular weight excluding hydrogens is 212 g/mol. The highest BCUT2D eigenvalue weighted by Crippen LogP contribution is 2.25. The van der Waals surface area contributed by atoms with Gasteiger partial charge in [0.1, 0.15) is 5.75 Å². The van der Waals surface area contributed by atoms with Crippen molar-refractivity contribution in [2.75, 3.05) is 26.7 Å². The van der Waals surface area contributed by atoms with Crippen molar-refractivity contribution in [3.8, 4) is 5.75 Å². The van der Waals surface area contributed by atoms with Crippen LogP contribution >= 0.6 is 0 Å². The van der Waals surface area contributed by atoms with E-state index >= 15 is 0 Å². The molecule has 1 N–H and O–H groups in total. The first-order valence-electron chi connectivity index (χ1n) is 6.33. The van der Waals surface area contributed by atoms with E-state index in [4.69, 9.17) is 4.74 Å². The fourth-order valence-electron chi connectivity index (χ4n) is 2.47. The number of rotatable bonds is 3. The molecule has 1 aliphatic heterocycles. The number of piperazine rings is 1. The van der Waals surface area contributed by atoms with Crippen LogP contribution in [0.5, 0.6) is 5.75 Å². The van der Waals surface area contributed by atoms with E-state index in [1.54, 1.807) is 7.11 Å². The molecule has 0 bridgehead atoms. The van der Waals surface area contributed by atoms with Crippen LogP contribution in [0.4, 0.5) is 0 Å². The molecular formula is C14H22N2O. The van der Waals surface area contributed by atoms with Crippen molar-refractivity contribution in [3.63, 3.8) is 0 Å². The van der Waals surface area contributed by atoms with Crippen LogP contribution < -0.4 is 10.1 Å². The van der Waals surface area contributed by atoms with Gasteiger partial charge >= 0.3 is 0 Å². The fourth-order valence-corrected chi connectivity index (χ4v) is 2.47. The number of hydrogen-bond donors (Lipinski definition) is 1. The van der Waals surface area contributed by atoms with E-state index in [0.717, 1.165) is 25.4 Å². The van der Waals surface area contributed by atoms with Crippen molar-refractivity contribution >= 4 is 0 Å². The van der Waals surface area contributed by atoms with Crippen molar-refractivity contribution in [3.05, 3.63) is 29.8 Å². The smallest absolute Gasteiger partial charge is 0.118 e. The van der Waals surface area contributed by atoms with E-state index in [0.29, 0.717) is 12.1 Å². The molecule has 1 aliphatic rings. The van der Waals surface area contributed by atoms with Gasteiger partial charge in [-0.1, -0.05) is 12.1 Å². The zero-order valence-corrected chi connectivity index (χ0v) is 10.9. The van der Waals surface area contributed by atoms with E-state index < -0.39 is 0 Å². The number of nitrogens with zero attached hydrogens (tertiary/aromatic N) is 1. The van der Waals surface area contributed by atoms with Crippen molar-refractivity contribution in [2.45, 2.75) is 25.9 Å². The van der Waals surface area contributed by atoms with Gasteiger partial charge in [0.25, 0.3) is 0 Å². The Morgan fingerprint density at radius 1 is 1.29 bits per heavy atom. The predicted molar refractivity (Wildman–Crippen MR) is 70.4 cm³/mol. The molecule has 3 nitrogen and oxygen atoms in total. The number of methoxy groups -OCH3 is 1. The molecule has 1 aromatic rings. The van der Waals surface area contributed by atoms with Gasteiger partial charge in [0.15, 0.2) is 0 Å². The van der Waals surface area contributed by atoms with Crippen LogP contribution in [0.15, 0.2) is 24.3 Å². The molecule has 2 rings (SSSR count). The van der Waals surface area contributed by atoms with Crippen LogP contribution in [0.25, 0.3) is 0 Å². The van der Waals surface area contributed by atoms with Crippen molar-refractivity contribution in [1.29, 1.82) is 0 Å². The van der Waals surface area contributed by atoms with Gasteiger partial charge in [-0.15, -0.1) is 0 Å². The van der Waals surface area contributed by atoms with E-state index in [2.05, 4.69) is 36.2 Å². The lowest BCUT2D eigenvalue weighted by molar-refractivity contribution is 0.124. The quantitative estimate of drug-likeness (QED) is 0.866. The summed E-state index contributed by atoms with van der Waals surface area (Å²) in [6.07, 6.45) is 0. The molecule has 0 saturated carbocycles. The molecule has 1 atom stereocenters.